The van der Waals surface area contributed by atoms with Crippen LogP contribution in [0.3, 0.4) is 0 Å². The number of halogens is 2. The van der Waals surface area contributed by atoms with E-state index in [1.165, 1.54) is 6.07 Å². The van der Waals surface area contributed by atoms with E-state index >= 15 is 0 Å². The highest BCUT2D eigenvalue weighted by atomic mass is 19.1. The maximum absolute atomic E-state index is 14.0. The molecule has 2 aromatic carbocycles. The van der Waals surface area contributed by atoms with Crippen molar-refractivity contribution in [1.29, 1.82) is 0 Å². The third kappa shape index (κ3) is 3.29. The number of carbonyl (C=O) groups is 1. The van der Waals surface area contributed by atoms with Gasteiger partial charge in [-0.15, -0.1) is 0 Å². The zero-order valence-corrected chi connectivity index (χ0v) is 14.1. The molecule has 25 heavy (non-hydrogen) atoms. The monoisotopic (exact) mass is 347 g/mol. The van der Waals surface area contributed by atoms with E-state index in [-0.39, 0.29) is 11.6 Å². The Kier molecular flexibility index (Phi) is 4.88. The second-order valence-corrected chi connectivity index (χ2v) is 5.89. The number of hydrogen-bond donors (Lipinski definition) is 0. The smallest absolute Gasteiger partial charge is 0.257 e. The molecule has 1 atom stereocenters. The van der Waals surface area contributed by atoms with E-state index in [0.717, 1.165) is 30.5 Å². The molecule has 1 amide bonds. The number of nitrogens with zero attached hydrogens (tertiary/aromatic N) is 1. The Balaban J connectivity index is 1.96. The van der Waals surface area contributed by atoms with Gasteiger partial charge in [0.1, 0.15) is 23.1 Å². The van der Waals surface area contributed by atoms with Crippen LogP contribution in [-0.4, -0.2) is 31.6 Å². The Morgan fingerprint density at radius 2 is 1.92 bits per heavy atom. The van der Waals surface area contributed by atoms with Crippen LogP contribution in [0.25, 0.3) is 0 Å². The number of methoxy groups -OCH3 is 2. The average molecular weight is 347 g/mol. The van der Waals surface area contributed by atoms with Crippen molar-refractivity contribution < 1.29 is 23.0 Å². The van der Waals surface area contributed by atoms with Crippen LogP contribution in [0.2, 0.25) is 0 Å². The minimum atomic E-state index is -0.853. The molecule has 1 unspecified atom stereocenters. The maximum Gasteiger partial charge on any atom is 0.257 e. The second-order valence-electron chi connectivity index (χ2n) is 5.89. The summed E-state index contributed by atoms with van der Waals surface area (Å²) < 4.78 is 37.8. The van der Waals surface area contributed by atoms with Crippen molar-refractivity contribution in [3.05, 3.63) is 59.2 Å². The number of likely N-dealkylation sites (tertiary alicyclic amines) is 1. The molecule has 0 saturated carbocycles. The van der Waals surface area contributed by atoms with E-state index in [1.807, 2.05) is 6.07 Å². The molecule has 1 aliphatic rings. The summed E-state index contributed by atoms with van der Waals surface area (Å²) in [6.45, 7) is 0.501. The van der Waals surface area contributed by atoms with Crippen molar-refractivity contribution in [2.24, 2.45) is 0 Å². The summed E-state index contributed by atoms with van der Waals surface area (Å²) >= 11 is 0. The van der Waals surface area contributed by atoms with E-state index in [1.54, 1.807) is 31.3 Å². The van der Waals surface area contributed by atoms with Crippen molar-refractivity contribution in [3.8, 4) is 11.5 Å². The molecule has 3 rings (SSSR count). The molecule has 0 aliphatic carbocycles. The Morgan fingerprint density at radius 3 is 2.60 bits per heavy atom. The first-order valence-corrected chi connectivity index (χ1v) is 8.03. The maximum atomic E-state index is 14.0. The third-order valence-electron chi connectivity index (χ3n) is 4.47. The molecule has 4 nitrogen and oxygen atoms in total. The third-order valence-corrected chi connectivity index (χ3v) is 4.47. The minimum absolute atomic E-state index is 0.129. The fraction of sp³-hybridized carbons (Fsp3) is 0.316. The summed E-state index contributed by atoms with van der Waals surface area (Å²) in [5.74, 6) is -0.715. The van der Waals surface area contributed by atoms with Gasteiger partial charge in [-0.1, -0.05) is 0 Å². The summed E-state index contributed by atoms with van der Waals surface area (Å²) in [5, 5.41) is 0. The molecule has 0 bridgehead atoms. The molecule has 0 radical (unpaired) electrons. The lowest BCUT2D eigenvalue weighted by atomic mass is 10.0. The number of ether oxygens (including phenoxy) is 2. The van der Waals surface area contributed by atoms with Gasteiger partial charge in [-0.05, 0) is 43.2 Å². The highest BCUT2D eigenvalue weighted by molar-refractivity contribution is 5.95. The summed E-state index contributed by atoms with van der Waals surface area (Å²) in [6, 6.07) is 8.15. The fourth-order valence-electron chi connectivity index (χ4n) is 3.25. The Morgan fingerprint density at radius 1 is 1.12 bits per heavy atom. The molecule has 1 heterocycles. The van der Waals surface area contributed by atoms with Gasteiger partial charge in [-0.25, -0.2) is 8.78 Å². The molecule has 2 aromatic rings. The van der Waals surface area contributed by atoms with Gasteiger partial charge in [0.25, 0.3) is 5.91 Å². The Hall–Kier alpha value is -2.63. The van der Waals surface area contributed by atoms with Crippen LogP contribution >= 0.6 is 0 Å². The first-order valence-electron chi connectivity index (χ1n) is 8.03. The summed E-state index contributed by atoms with van der Waals surface area (Å²) in [5.41, 5.74) is 0.686. The van der Waals surface area contributed by atoms with Crippen molar-refractivity contribution in [1.82, 2.24) is 4.90 Å². The van der Waals surface area contributed by atoms with Gasteiger partial charge in [-0.2, -0.15) is 0 Å². The predicted octanol–water partition coefficient (Wildman–Crippen LogP) is 3.96. The van der Waals surface area contributed by atoms with E-state index in [9.17, 15) is 13.6 Å². The first kappa shape index (κ1) is 17.2. The molecular weight excluding hydrogens is 328 g/mol. The van der Waals surface area contributed by atoms with Crippen molar-refractivity contribution in [2.45, 2.75) is 18.9 Å². The molecule has 132 valence electrons. The number of hydrogen-bond acceptors (Lipinski definition) is 3. The quantitative estimate of drug-likeness (QED) is 0.840. The van der Waals surface area contributed by atoms with E-state index in [2.05, 4.69) is 0 Å². The van der Waals surface area contributed by atoms with Gasteiger partial charge < -0.3 is 14.4 Å². The van der Waals surface area contributed by atoms with Gasteiger partial charge >= 0.3 is 0 Å². The largest absolute Gasteiger partial charge is 0.497 e. The number of benzene rings is 2. The Labute approximate surface area is 145 Å². The SMILES string of the molecule is COc1ccc(OC)c(C2CCCN2C(=O)c2ccc(F)cc2F)c1. The molecule has 0 spiro atoms. The van der Waals surface area contributed by atoms with Crippen LogP contribution in [0.5, 0.6) is 11.5 Å². The van der Waals surface area contributed by atoms with Crippen molar-refractivity contribution in [3.63, 3.8) is 0 Å². The number of carbonyl (C=O) groups excluding carboxylic acids is 1. The van der Waals surface area contributed by atoms with Crippen molar-refractivity contribution in [2.75, 3.05) is 20.8 Å². The molecule has 1 saturated heterocycles. The van der Waals surface area contributed by atoms with E-state index in [4.69, 9.17) is 9.47 Å². The fourth-order valence-corrected chi connectivity index (χ4v) is 3.25. The van der Waals surface area contributed by atoms with Crippen LogP contribution in [0.4, 0.5) is 8.78 Å². The van der Waals surface area contributed by atoms with Crippen LogP contribution in [0.1, 0.15) is 34.8 Å². The lowest BCUT2D eigenvalue weighted by Gasteiger charge is -2.27. The standard InChI is InChI=1S/C19H19F2NO3/c1-24-13-6-8-18(25-2)15(11-13)17-4-3-9-22(17)19(23)14-7-5-12(20)10-16(14)21/h5-8,10-11,17H,3-4,9H2,1-2H3. The highest BCUT2D eigenvalue weighted by Gasteiger charge is 2.33. The minimum Gasteiger partial charge on any atom is -0.497 e. The first-order chi connectivity index (χ1) is 12.0. The highest BCUT2D eigenvalue weighted by Crippen LogP contribution is 2.39. The second kappa shape index (κ2) is 7.09. The molecule has 1 aliphatic heterocycles. The molecule has 0 aromatic heterocycles. The normalized spacial score (nSPS) is 16.8. The summed E-state index contributed by atoms with van der Waals surface area (Å²) in [4.78, 5) is 14.4. The van der Waals surface area contributed by atoms with E-state index < -0.39 is 17.5 Å². The van der Waals surface area contributed by atoms with Gasteiger partial charge in [-0.3, -0.25) is 4.79 Å². The van der Waals surface area contributed by atoms with Crippen LogP contribution in [0.15, 0.2) is 36.4 Å². The molecule has 1 fully saturated rings. The van der Waals surface area contributed by atoms with Crippen molar-refractivity contribution >= 4 is 5.91 Å². The summed E-state index contributed by atoms with van der Waals surface area (Å²) in [7, 11) is 3.13. The predicted molar refractivity (Wildman–Crippen MR) is 88.9 cm³/mol. The zero-order chi connectivity index (χ0) is 18.0. The molecule has 0 N–H and O–H groups in total. The van der Waals surface area contributed by atoms with Crippen LogP contribution in [0, 0.1) is 11.6 Å². The van der Waals surface area contributed by atoms with Crippen LogP contribution < -0.4 is 9.47 Å². The lowest BCUT2D eigenvalue weighted by Crippen LogP contribution is -2.31. The topological polar surface area (TPSA) is 38.8 Å². The van der Waals surface area contributed by atoms with Gasteiger partial charge in [0.2, 0.25) is 0 Å². The molecular formula is C19H19F2NO3. The average Bonchev–Trinajstić information content (AvgIpc) is 3.10. The lowest BCUT2D eigenvalue weighted by molar-refractivity contribution is 0.0729. The zero-order valence-electron chi connectivity index (χ0n) is 14.1. The van der Waals surface area contributed by atoms with Gasteiger partial charge in [0.15, 0.2) is 0 Å². The summed E-state index contributed by atoms with van der Waals surface area (Å²) in [6.07, 6.45) is 1.53. The van der Waals surface area contributed by atoms with E-state index in [0.29, 0.717) is 18.0 Å². The van der Waals surface area contributed by atoms with Gasteiger partial charge in [0, 0.05) is 18.2 Å². The Bertz CT molecular complexity index is 794. The van der Waals surface area contributed by atoms with Crippen LogP contribution in [-0.2, 0) is 0 Å². The number of rotatable bonds is 4. The molecule has 6 heteroatoms. The van der Waals surface area contributed by atoms with Gasteiger partial charge in [0.05, 0.1) is 25.8 Å². The number of amides is 1.